The van der Waals surface area contributed by atoms with E-state index in [1.54, 1.807) is 7.11 Å². The minimum Gasteiger partial charge on any atom is -0.497 e. The van der Waals surface area contributed by atoms with Crippen LogP contribution in [-0.4, -0.2) is 12.8 Å². The molecule has 1 saturated carbocycles. The van der Waals surface area contributed by atoms with Crippen LogP contribution in [0.4, 0.5) is 5.69 Å². The molecule has 1 fully saturated rings. The molecule has 3 nitrogen and oxygen atoms in total. The Bertz CT molecular complexity index is 1120. The molecule has 2 heterocycles. The first-order chi connectivity index (χ1) is 15.3. The van der Waals surface area contributed by atoms with Gasteiger partial charge in [-0.1, -0.05) is 55.0 Å². The third kappa shape index (κ3) is 2.79. The number of hydrogen-bond acceptors (Lipinski definition) is 3. The van der Waals surface area contributed by atoms with Gasteiger partial charge in [-0.25, -0.2) is 0 Å². The van der Waals surface area contributed by atoms with Gasteiger partial charge >= 0.3 is 0 Å². The zero-order valence-corrected chi connectivity index (χ0v) is 17.8. The Hall–Kier alpha value is -3.20. The second-order valence-electron chi connectivity index (χ2n) is 8.82. The van der Waals surface area contributed by atoms with E-state index in [1.807, 2.05) is 0 Å². The lowest BCUT2D eigenvalue weighted by Crippen LogP contribution is -2.59. The van der Waals surface area contributed by atoms with Crippen LogP contribution in [0.5, 0.6) is 11.5 Å². The zero-order valence-electron chi connectivity index (χ0n) is 17.8. The second kappa shape index (κ2) is 7.19. The zero-order chi connectivity index (χ0) is 20.8. The fourth-order valence-electron chi connectivity index (χ4n) is 5.87. The Morgan fingerprint density at radius 1 is 0.903 bits per heavy atom. The number of fused-ring (bicyclic) bond motifs is 2. The number of rotatable bonds is 3. The molecule has 6 rings (SSSR count). The van der Waals surface area contributed by atoms with E-state index in [2.05, 4.69) is 89.8 Å². The van der Waals surface area contributed by atoms with Gasteiger partial charge in [-0.3, -0.25) is 4.90 Å². The number of allylic oxidation sites excluding steroid dienone is 1. The summed E-state index contributed by atoms with van der Waals surface area (Å²) in [7, 11) is 1.71. The molecule has 1 aliphatic carbocycles. The third-order valence-electron chi connectivity index (χ3n) is 7.23. The Labute approximate surface area is 183 Å². The van der Waals surface area contributed by atoms with Crippen LogP contribution in [0.25, 0.3) is 5.70 Å². The normalized spacial score (nSPS) is 26.2. The maximum atomic E-state index is 6.91. The summed E-state index contributed by atoms with van der Waals surface area (Å²) in [5.74, 6) is 2.62. The number of anilines is 1. The summed E-state index contributed by atoms with van der Waals surface area (Å²) >= 11 is 0. The lowest BCUT2D eigenvalue weighted by Gasteiger charge is -2.52. The van der Waals surface area contributed by atoms with Gasteiger partial charge in [0.1, 0.15) is 11.5 Å². The van der Waals surface area contributed by atoms with Gasteiger partial charge in [0.25, 0.3) is 0 Å². The molecular formula is C28H27NO2. The minimum atomic E-state index is -0.327. The first-order valence-corrected chi connectivity index (χ1v) is 11.3. The molecule has 0 N–H and O–H groups in total. The van der Waals surface area contributed by atoms with Crippen LogP contribution in [0.15, 0.2) is 84.9 Å². The predicted octanol–water partition coefficient (Wildman–Crippen LogP) is 6.62. The highest BCUT2D eigenvalue weighted by Crippen LogP contribution is 2.59. The molecule has 3 atom stereocenters. The summed E-state index contributed by atoms with van der Waals surface area (Å²) in [6.45, 7) is 0. The maximum absolute atomic E-state index is 6.91. The molecule has 3 aromatic rings. The average Bonchev–Trinajstić information content (AvgIpc) is 3.17. The maximum Gasteiger partial charge on any atom is 0.191 e. The van der Waals surface area contributed by atoms with Crippen LogP contribution in [0.3, 0.4) is 0 Å². The number of para-hydroxylation sites is 2. The molecule has 2 aliphatic heterocycles. The molecule has 0 aromatic heterocycles. The van der Waals surface area contributed by atoms with E-state index in [0.717, 1.165) is 17.9 Å². The van der Waals surface area contributed by atoms with Gasteiger partial charge in [-0.05, 0) is 60.4 Å². The van der Waals surface area contributed by atoms with Crippen molar-refractivity contribution in [2.24, 2.45) is 5.92 Å². The first kappa shape index (κ1) is 18.6. The first-order valence-electron chi connectivity index (χ1n) is 11.3. The Kier molecular flexibility index (Phi) is 4.31. The van der Waals surface area contributed by atoms with Gasteiger partial charge in [0.2, 0.25) is 0 Å². The summed E-state index contributed by atoms with van der Waals surface area (Å²) in [6.07, 6.45) is 7.16. The minimum absolute atomic E-state index is 0.323. The largest absolute Gasteiger partial charge is 0.497 e. The van der Waals surface area contributed by atoms with Crippen molar-refractivity contribution in [2.75, 3.05) is 12.0 Å². The van der Waals surface area contributed by atoms with E-state index >= 15 is 0 Å². The van der Waals surface area contributed by atoms with Crippen molar-refractivity contribution < 1.29 is 9.47 Å². The number of benzene rings is 3. The van der Waals surface area contributed by atoms with Crippen molar-refractivity contribution in [3.8, 4) is 11.5 Å². The topological polar surface area (TPSA) is 21.7 Å². The Balaban J connectivity index is 1.58. The molecule has 3 aliphatic rings. The van der Waals surface area contributed by atoms with Gasteiger partial charge in [-0.15, -0.1) is 0 Å². The van der Waals surface area contributed by atoms with Gasteiger partial charge in [0.05, 0.1) is 12.8 Å². The van der Waals surface area contributed by atoms with Crippen molar-refractivity contribution in [1.82, 2.24) is 0 Å². The van der Waals surface area contributed by atoms with Gasteiger partial charge in [0.15, 0.2) is 5.72 Å². The molecule has 0 bridgehead atoms. The monoisotopic (exact) mass is 409 g/mol. The molecule has 1 spiro atoms. The fraction of sp³-hybridized carbons (Fsp3) is 0.286. The number of methoxy groups -OCH3 is 1. The highest BCUT2D eigenvalue weighted by Gasteiger charge is 2.58. The van der Waals surface area contributed by atoms with Crippen LogP contribution in [-0.2, 0) is 0 Å². The summed E-state index contributed by atoms with van der Waals surface area (Å²) in [6, 6.07) is 27.9. The highest BCUT2D eigenvalue weighted by molar-refractivity contribution is 5.87. The van der Waals surface area contributed by atoms with Crippen LogP contribution >= 0.6 is 0 Å². The lowest BCUT2D eigenvalue weighted by molar-refractivity contribution is -0.0119. The van der Waals surface area contributed by atoms with Crippen molar-refractivity contribution in [3.63, 3.8) is 0 Å². The van der Waals surface area contributed by atoms with E-state index in [-0.39, 0.29) is 5.72 Å². The molecular weight excluding hydrogens is 382 g/mol. The van der Waals surface area contributed by atoms with Crippen LogP contribution in [0, 0.1) is 5.92 Å². The number of nitrogens with zero attached hydrogens (tertiary/aromatic N) is 1. The SMILES string of the molecule is COc1ccc(C2=C[C@@H](c3ccccc3)[C@H]3CCCC[C@@]34Oc3ccccc3N24)cc1. The van der Waals surface area contributed by atoms with Crippen molar-refractivity contribution >= 4 is 11.4 Å². The van der Waals surface area contributed by atoms with E-state index < -0.39 is 0 Å². The van der Waals surface area contributed by atoms with E-state index in [0.29, 0.717) is 11.8 Å². The summed E-state index contributed by atoms with van der Waals surface area (Å²) in [5.41, 5.74) is 4.67. The molecule has 0 radical (unpaired) electrons. The van der Waals surface area contributed by atoms with Gasteiger partial charge < -0.3 is 9.47 Å². The second-order valence-corrected chi connectivity index (χ2v) is 8.82. The Morgan fingerprint density at radius 3 is 2.48 bits per heavy atom. The molecule has 0 saturated heterocycles. The van der Waals surface area contributed by atoms with Crippen molar-refractivity contribution in [3.05, 3.63) is 96.1 Å². The standard InChI is InChI=1S/C28H27NO2/c1-30-22-16-14-21(15-17-22)26-19-23(20-9-3-2-4-10-20)24-11-7-8-18-28(24)29(26)25-12-5-6-13-27(25)31-28/h2-6,9-10,12-17,19,23-24H,7-8,11,18H2,1H3/t23-,24+,28+/m0/s1. The summed E-state index contributed by atoms with van der Waals surface area (Å²) in [5, 5.41) is 0. The Morgan fingerprint density at radius 2 is 1.68 bits per heavy atom. The smallest absolute Gasteiger partial charge is 0.191 e. The highest BCUT2D eigenvalue weighted by atomic mass is 16.5. The predicted molar refractivity (Wildman–Crippen MR) is 124 cm³/mol. The van der Waals surface area contributed by atoms with Crippen LogP contribution in [0.2, 0.25) is 0 Å². The average molecular weight is 410 g/mol. The fourth-order valence-corrected chi connectivity index (χ4v) is 5.87. The number of ether oxygens (including phenoxy) is 2. The molecule has 3 heteroatoms. The third-order valence-corrected chi connectivity index (χ3v) is 7.23. The van der Waals surface area contributed by atoms with Crippen LogP contribution in [0.1, 0.15) is 42.7 Å². The van der Waals surface area contributed by atoms with Crippen LogP contribution < -0.4 is 14.4 Å². The molecule has 0 unspecified atom stereocenters. The summed E-state index contributed by atoms with van der Waals surface area (Å²) < 4.78 is 12.3. The number of hydrogen-bond donors (Lipinski definition) is 0. The van der Waals surface area contributed by atoms with Gasteiger partial charge in [0, 0.05) is 24.0 Å². The molecule has 156 valence electrons. The lowest BCUT2D eigenvalue weighted by atomic mass is 9.68. The molecule has 3 aromatic carbocycles. The van der Waals surface area contributed by atoms with Crippen molar-refractivity contribution in [2.45, 2.75) is 37.3 Å². The van der Waals surface area contributed by atoms with Gasteiger partial charge in [-0.2, -0.15) is 0 Å². The quantitative estimate of drug-likeness (QED) is 0.485. The van der Waals surface area contributed by atoms with E-state index in [9.17, 15) is 0 Å². The van der Waals surface area contributed by atoms with E-state index in [1.165, 1.54) is 41.8 Å². The molecule has 0 amide bonds. The summed E-state index contributed by atoms with van der Waals surface area (Å²) in [4.78, 5) is 2.51. The van der Waals surface area contributed by atoms with Crippen molar-refractivity contribution in [1.29, 1.82) is 0 Å². The molecule has 31 heavy (non-hydrogen) atoms. The van der Waals surface area contributed by atoms with E-state index in [4.69, 9.17) is 9.47 Å².